The van der Waals surface area contributed by atoms with Crippen LogP contribution in [0.5, 0.6) is 0 Å². The van der Waals surface area contributed by atoms with Gasteiger partial charge in [-0.2, -0.15) is 0 Å². The Hall–Kier alpha value is -1.14. The lowest BCUT2D eigenvalue weighted by Gasteiger charge is -2.13. The molecular weight excluding hydrogens is 242 g/mol. The number of rotatable bonds is 2. The Kier molecular flexibility index (Phi) is 4.70. The third-order valence-corrected chi connectivity index (χ3v) is 3.01. The van der Waals surface area contributed by atoms with Crippen molar-refractivity contribution < 1.29 is 4.79 Å². The molecule has 0 saturated heterocycles. The number of thiophene rings is 1. The molecule has 3 N–H and O–H groups in total. The molecule has 0 spiro atoms. The monoisotopic (exact) mass is 257 g/mol. The maximum atomic E-state index is 11.7. The second-order valence-electron chi connectivity index (χ2n) is 3.64. The molecule has 6 heteroatoms. The maximum absolute atomic E-state index is 11.7. The lowest BCUT2D eigenvalue weighted by atomic mass is 10.3. The highest BCUT2D eigenvalue weighted by Crippen LogP contribution is 2.14. The average molecular weight is 257 g/mol. The molecule has 1 rings (SSSR count). The topological polar surface area (TPSA) is 53.2 Å². The summed E-state index contributed by atoms with van der Waals surface area (Å²) in [6.45, 7) is 5.84. The van der Waals surface area contributed by atoms with Crippen LogP contribution < -0.4 is 16.2 Å². The third kappa shape index (κ3) is 3.79. The Morgan fingerprint density at radius 1 is 1.44 bits per heavy atom. The number of hydrazine groups is 1. The van der Waals surface area contributed by atoms with E-state index in [1.54, 1.807) is 0 Å². The fraction of sp³-hybridized carbons (Fsp3) is 0.400. The van der Waals surface area contributed by atoms with Crippen LogP contribution in [0.25, 0.3) is 0 Å². The van der Waals surface area contributed by atoms with Gasteiger partial charge in [0.2, 0.25) is 0 Å². The Morgan fingerprint density at radius 3 is 2.62 bits per heavy atom. The Labute approximate surface area is 104 Å². The van der Waals surface area contributed by atoms with Gasteiger partial charge in [-0.3, -0.25) is 15.6 Å². The number of hydrogen-bond donors (Lipinski definition) is 3. The van der Waals surface area contributed by atoms with E-state index in [1.165, 1.54) is 11.3 Å². The third-order valence-electron chi connectivity index (χ3n) is 1.78. The van der Waals surface area contributed by atoms with Gasteiger partial charge in [0, 0.05) is 6.04 Å². The molecule has 0 bridgehead atoms. The number of thiocarbonyl (C=S) groups is 1. The average Bonchev–Trinajstić information content (AvgIpc) is 2.60. The summed E-state index contributed by atoms with van der Waals surface area (Å²) in [7, 11) is 0. The highest BCUT2D eigenvalue weighted by Gasteiger charge is 2.10. The van der Waals surface area contributed by atoms with Gasteiger partial charge in [-0.1, -0.05) is 0 Å². The highest BCUT2D eigenvalue weighted by molar-refractivity contribution is 7.80. The zero-order valence-electron chi connectivity index (χ0n) is 9.46. The first-order valence-corrected chi connectivity index (χ1v) is 6.20. The van der Waals surface area contributed by atoms with E-state index in [0.717, 1.165) is 5.56 Å². The predicted octanol–water partition coefficient (Wildman–Crippen LogP) is 1.57. The molecule has 0 aliphatic heterocycles. The molecule has 0 radical (unpaired) electrons. The molecule has 1 aromatic rings. The largest absolute Gasteiger partial charge is 0.359 e. The van der Waals surface area contributed by atoms with Crippen molar-refractivity contribution in [3.8, 4) is 0 Å². The summed E-state index contributed by atoms with van der Waals surface area (Å²) in [6.07, 6.45) is 0. The minimum Gasteiger partial charge on any atom is -0.359 e. The fourth-order valence-electron chi connectivity index (χ4n) is 1.07. The number of aryl methyl sites for hydroxylation is 1. The van der Waals surface area contributed by atoms with E-state index in [1.807, 2.05) is 32.2 Å². The van der Waals surface area contributed by atoms with Crippen molar-refractivity contribution in [2.45, 2.75) is 26.8 Å². The number of carbonyl (C=O) groups is 1. The second kappa shape index (κ2) is 5.81. The van der Waals surface area contributed by atoms with Crippen LogP contribution in [0.1, 0.15) is 29.1 Å². The van der Waals surface area contributed by atoms with Gasteiger partial charge in [-0.05, 0) is 50.0 Å². The fourth-order valence-corrected chi connectivity index (χ4v) is 2.18. The van der Waals surface area contributed by atoms with Gasteiger partial charge in [-0.15, -0.1) is 11.3 Å². The summed E-state index contributed by atoms with van der Waals surface area (Å²) >= 11 is 6.38. The molecule has 1 amide bonds. The van der Waals surface area contributed by atoms with Gasteiger partial charge in [0.1, 0.15) is 0 Å². The summed E-state index contributed by atoms with van der Waals surface area (Å²) in [5.41, 5.74) is 6.17. The second-order valence-corrected chi connectivity index (χ2v) is 4.96. The molecule has 0 aromatic carbocycles. The van der Waals surface area contributed by atoms with Gasteiger partial charge in [-0.25, -0.2) is 0 Å². The molecule has 1 aromatic heterocycles. The zero-order valence-corrected chi connectivity index (χ0v) is 11.1. The molecular formula is C10H15N3OS2. The van der Waals surface area contributed by atoms with Crippen molar-refractivity contribution >= 4 is 34.6 Å². The van der Waals surface area contributed by atoms with Crippen LogP contribution in [0.3, 0.4) is 0 Å². The van der Waals surface area contributed by atoms with Crippen LogP contribution in [0.4, 0.5) is 0 Å². The summed E-state index contributed by atoms with van der Waals surface area (Å²) in [5, 5.41) is 5.27. The number of amides is 1. The van der Waals surface area contributed by atoms with Crippen LogP contribution in [-0.4, -0.2) is 17.1 Å². The summed E-state index contributed by atoms with van der Waals surface area (Å²) in [4.78, 5) is 12.4. The molecule has 16 heavy (non-hydrogen) atoms. The number of carbonyl (C=O) groups excluding carboxylic acids is 1. The molecule has 1 heterocycles. The minimum absolute atomic E-state index is 0.166. The van der Waals surface area contributed by atoms with Crippen molar-refractivity contribution in [3.63, 3.8) is 0 Å². The van der Waals surface area contributed by atoms with Crippen LogP contribution in [0, 0.1) is 6.92 Å². The summed E-state index contributed by atoms with van der Waals surface area (Å²) < 4.78 is 0. The molecule has 0 saturated carbocycles. The lowest BCUT2D eigenvalue weighted by molar-refractivity contribution is 0.0947. The van der Waals surface area contributed by atoms with Crippen LogP contribution in [0.2, 0.25) is 0 Å². The molecule has 88 valence electrons. The Morgan fingerprint density at radius 2 is 2.12 bits per heavy atom. The van der Waals surface area contributed by atoms with Crippen LogP contribution >= 0.6 is 23.6 Å². The number of nitrogens with one attached hydrogen (secondary N) is 3. The highest BCUT2D eigenvalue weighted by atomic mass is 32.1. The maximum Gasteiger partial charge on any atom is 0.279 e. The quantitative estimate of drug-likeness (QED) is 0.556. The van der Waals surface area contributed by atoms with E-state index in [9.17, 15) is 4.79 Å². The van der Waals surface area contributed by atoms with E-state index < -0.39 is 0 Å². The standard InChI is InChI=1S/C10H15N3OS2/c1-6(2)11-10(15)13-12-9(14)8-7(3)4-5-16-8/h4-6H,1-3H3,(H,12,14)(H2,11,13,15). The lowest BCUT2D eigenvalue weighted by Crippen LogP contribution is -2.48. The Bertz CT molecular complexity index is 387. The van der Waals surface area contributed by atoms with Gasteiger partial charge in [0.05, 0.1) is 4.88 Å². The molecule has 4 nitrogen and oxygen atoms in total. The van der Waals surface area contributed by atoms with E-state index in [-0.39, 0.29) is 11.9 Å². The predicted molar refractivity (Wildman–Crippen MR) is 70.5 cm³/mol. The zero-order chi connectivity index (χ0) is 12.1. The van der Waals surface area contributed by atoms with Gasteiger partial charge < -0.3 is 5.32 Å². The molecule has 0 unspecified atom stereocenters. The van der Waals surface area contributed by atoms with E-state index in [2.05, 4.69) is 16.2 Å². The van der Waals surface area contributed by atoms with Crippen molar-refractivity contribution in [1.29, 1.82) is 0 Å². The first kappa shape index (κ1) is 12.9. The van der Waals surface area contributed by atoms with E-state index in [0.29, 0.717) is 9.99 Å². The first-order valence-electron chi connectivity index (χ1n) is 4.91. The van der Waals surface area contributed by atoms with Crippen molar-refractivity contribution in [2.75, 3.05) is 0 Å². The van der Waals surface area contributed by atoms with Gasteiger partial charge in [0.15, 0.2) is 5.11 Å². The normalized spacial score (nSPS) is 10.0. The molecule has 0 aliphatic rings. The SMILES string of the molecule is Cc1ccsc1C(=O)NNC(=S)NC(C)C. The van der Waals surface area contributed by atoms with Crippen molar-refractivity contribution in [2.24, 2.45) is 0 Å². The van der Waals surface area contributed by atoms with Crippen molar-refractivity contribution in [3.05, 3.63) is 21.9 Å². The first-order chi connectivity index (χ1) is 7.50. The molecule has 0 aliphatic carbocycles. The number of hydrogen-bond acceptors (Lipinski definition) is 3. The van der Waals surface area contributed by atoms with Gasteiger partial charge in [0.25, 0.3) is 5.91 Å². The summed E-state index contributed by atoms with van der Waals surface area (Å²) in [6, 6.07) is 2.14. The minimum atomic E-state index is -0.166. The summed E-state index contributed by atoms with van der Waals surface area (Å²) in [5.74, 6) is -0.166. The Balaban J connectivity index is 2.42. The van der Waals surface area contributed by atoms with E-state index in [4.69, 9.17) is 12.2 Å². The molecule has 0 atom stereocenters. The van der Waals surface area contributed by atoms with Crippen LogP contribution in [-0.2, 0) is 0 Å². The smallest absolute Gasteiger partial charge is 0.279 e. The molecule has 0 fully saturated rings. The van der Waals surface area contributed by atoms with Crippen molar-refractivity contribution in [1.82, 2.24) is 16.2 Å². The van der Waals surface area contributed by atoms with E-state index >= 15 is 0 Å². The van der Waals surface area contributed by atoms with Crippen LogP contribution in [0.15, 0.2) is 11.4 Å². The van der Waals surface area contributed by atoms with Gasteiger partial charge >= 0.3 is 0 Å².